The molecular formula is C21H19N5O3. The van der Waals surface area contributed by atoms with Gasteiger partial charge in [0.15, 0.2) is 11.5 Å². The molecule has 0 aliphatic carbocycles. The maximum atomic E-state index is 11.4. The number of carbonyl (C=O) groups is 1. The molecule has 8 nitrogen and oxygen atoms in total. The molecule has 146 valence electrons. The molecule has 0 saturated carbocycles. The van der Waals surface area contributed by atoms with E-state index in [0.29, 0.717) is 30.2 Å². The average Bonchev–Trinajstić information content (AvgIpc) is 3.31. The van der Waals surface area contributed by atoms with Crippen LogP contribution in [0.2, 0.25) is 0 Å². The molecule has 1 fully saturated rings. The van der Waals surface area contributed by atoms with E-state index in [4.69, 9.17) is 9.72 Å². The predicted octanol–water partition coefficient (Wildman–Crippen LogP) is 2.48. The topological polar surface area (TPSA) is 92.9 Å². The zero-order chi connectivity index (χ0) is 20.0. The molecule has 1 N–H and O–H groups in total. The van der Waals surface area contributed by atoms with Gasteiger partial charge in [-0.25, -0.2) is 4.98 Å². The number of para-hydroxylation sites is 1. The summed E-state index contributed by atoms with van der Waals surface area (Å²) in [4.78, 5) is 18.0. The van der Waals surface area contributed by atoms with Crippen molar-refractivity contribution < 1.29 is 14.6 Å². The number of hydrogen-bond acceptors (Lipinski definition) is 6. The first-order valence-corrected chi connectivity index (χ1v) is 9.40. The summed E-state index contributed by atoms with van der Waals surface area (Å²) in [6.45, 7) is 0.557. The first-order valence-electron chi connectivity index (χ1n) is 9.40. The number of ether oxygens (including phenoxy) is 1. The SMILES string of the molecule is CN1C[C@@H](Oc2cccc3ccc(-c4nnc5ccccn45)nc23)C[C@H]1C(=O)O. The Labute approximate surface area is 166 Å². The van der Waals surface area contributed by atoms with Crippen LogP contribution in [0.1, 0.15) is 6.42 Å². The minimum absolute atomic E-state index is 0.203. The summed E-state index contributed by atoms with van der Waals surface area (Å²) in [5.74, 6) is 0.474. The molecule has 0 radical (unpaired) electrons. The lowest BCUT2D eigenvalue weighted by Crippen LogP contribution is -2.32. The summed E-state index contributed by atoms with van der Waals surface area (Å²) >= 11 is 0. The maximum Gasteiger partial charge on any atom is 0.321 e. The quantitative estimate of drug-likeness (QED) is 0.573. The van der Waals surface area contributed by atoms with Crippen LogP contribution in [0.25, 0.3) is 28.1 Å². The second kappa shape index (κ2) is 6.82. The Kier molecular flexibility index (Phi) is 4.13. The van der Waals surface area contributed by atoms with E-state index < -0.39 is 12.0 Å². The molecule has 4 aromatic rings. The van der Waals surface area contributed by atoms with Crippen LogP contribution in [-0.4, -0.2) is 61.3 Å². The monoisotopic (exact) mass is 389 g/mol. The van der Waals surface area contributed by atoms with Crippen molar-refractivity contribution in [3.8, 4) is 17.3 Å². The summed E-state index contributed by atoms with van der Waals surface area (Å²) in [6.07, 6.45) is 2.14. The molecule has 1 aliphatic rings. The largest absolute Gasteiger partial charge is 0.487 e. The lowest BCUT2D eigenvalue weighted by atomic mass is 10.1. The number of pyridine rings is 2. The predicted molar refractivity (Wildman–Crippen MR) is 107 cm³/mol. The lowest BCUT2D eigenvalue weighted by Gasteiger charge is -2.15. The standard InChI is InChI=1S/C21H19N5O3/c1-25-12-14(11-16(25)21(27)28)29-17-6-4-5-13-8-9-15(22-19(13)17)20-24-23-18-7-2-3-10-26(18)20/h2-10,14,16H,11-12H2,1H3,(H,27,28)/t14-,16-/m0/s1. The van der Waals surface area contributed by atoms with E-state index in [9.17, 15) is 9.90 Å². The zero-order valence-corrected chi connectivity index (χ0v) is 15.8. The van der Waals surface area contributed by atoms with Crippen molar-refractivity contribution in [2.24, 2.45) is 0 Å². The summed E-state index contributed by atoms with van der Waals surface area (Å²) in [5, 5.41) is 18.8. The normalized spacial score (nSPS) is 19.8. The Morgan fingerprint density at radius 2 is 2.03 bits per heavy atom. The van der Waals surface area contributed by atoms with Crippen LogP contribution in [0.3, 0.4) is 0 Å². The fraction of sp³-hybridized carbons (Fsp3) is 0.238. The van der Waals surface area contributed by atoms with Crippen molar-refractivity contribution in [3.63, 3.8) is 0 Å². The molecule has 5 rings (SSSR count). The third kappa shape index (κ3) is 3.07. The van der Waals surface area contributed by atoms with Crippen LogP contribution in [0, 0.1) is 0 Å². The molecule has 29 heavy (non-hydrogen) atoms. The third-order valence-electron chi connectivity index (χ3n) is 5.31. The molecule has 1 saturated heterocycles. The van der Waals surface area contributed by atoms with Gasteiger partial charge in [0.2, 0.25) is 0 Å². The number of nitrogens with zero attached hydrogens (tertiary/aromatic N) is 5. The Bertz CT molecular complexity index is 1220. The Morgan fingerprint density at radius 1 is 1.14 bits per heavy atom. The number of carboxylic acid groups (broad SMARTS) is 1. The highest BCUT2D eigenvalue weighted by Gasteiger charge is 2.35. The number of likely N-dealkylation sites (N-methyl/N-ethyl adjacent to an activating group) is 1. The third-order valence-corrected chi connectivity index (χ3v) is 5.31. The number of benzene rings is 1. The number of hydrogen-bond donors (Lipinski definition) is 1. The molecule has 1 aromatic carbocycles. The van der Waals surface area contributed by atoms with Crippen LogP contribution >= 0.6 is 0 Å². The number of fused-ring (bicyclic) bond motifs is 2. The first-order chi connectivity index (χ1) is 14.1. The number of carboxylic acids is 1. The fourth-order valence-electron chi connectivity index (χ4n) is 3.86. The fourth-order valence-corrected chi connectivity index (χ4v) is 3.86. The van der Waals surface area contributed by atoms with Gasteiger partial charge in [-0.2, -0.15) is 0 Å². The van der Waals surface area contributed by atoms with Gasteiger partial charge in [-0.15, -0.1) is 10.2 Å². The van der Waals surface area contributed by atoms with Crippen LogP contribution in [0.5, 0.6) is 5.75 Å². The smallest absolute Gasteiger partial charge is 0.321 e. The Morgan fingerprint density at radius 3 is 2.86 bits per heavy atom. The van der Waals surface area contributed by atoms with Crippen LogP contribution in [-0.2, 0) is 4.79 Å². The van der Waals surface area contributed by atoms with E-state index in [0.717, 1.165) is 16.6 Å². The van der Waals surface area contributed by atoms with Crippen molar-refractivity contribution in [2.45, 2.75) is 18.6 Å². The summed E-state index contributed by atoms with van der Waals surface area (Å²) in [5.41, 5.74) is 2.17. The van der Waals surface area contributed by atoms with E-state index in [-0.39, 0.29) is 6.10 Å². The number of rotatable bonds is 4. The van der Waals surface area contributed by atoms with Gasteiger partial charge in [-0.05, 0) is 31.3 Å². The highest BCUT2D eigenvalue weighted by molar-refractivity contribution is 5.86. The Balaban J connectivity index is 1.52. The van der Waals surface area contributed by atoms with Crippen LogP contribution in [0.4, 0.5) is 0 Å². The minimum atomic E-state index is -0.824. The first kappa shape index (κ1) is 17.6. The molecule has 2 atom stereocenters. The van der Waals surface area contributed by atoms with Gasteiger partial charge < -0.3 is 9.84 Å². The van der Waals surface area contributed by atoms with Gasteiger partial charge >= 0.3 is 5.97 Å². The summed E-state index contributed by atoms with van der Waals surface area (Å²) in [6, 6.07) is 14.9. The van der Waals surface area contributed by atoms with Crippen LogP contribution in [0.15, 0.2) is 54.7 Å². The van der Waals surface area contributed by atoms with E-state index in [2.05, 4.69) is 10.2 Å². The van der Waals surface area contributed by atoms with E-state index >= 15 is 0 Å². The highest BCUT2D eigenvalue weighted by Crippen LogP contribution is 2.30. The second-order valence-corrected chi connectivity index (χ2v) is 7.25. The average molecular weight is 389 g/mol. The zero-order valence-electron chi connectivity index (χ0n) is 15.8. The number of aromatic nitrogens is 4. The van der Waals surface area contributed by atoms with Crippen molar-refractivity contribution in [2.75, 3.05) is 13.6 Å². The van der Waals surface area contributed by atoms with Gasteiger partial charge in [-0.1, -0.05) is 24.3 Å². The van der Waals surface area contributed by atoms with E-state index in [1.165, 1.54) is 0 Å². The summed E-state index contributed by atoms with van der Waals surface area (Å²) in [7, 11) is 1.80. The molecule has 4 heterocycles. The van der Waals surface area contributed by atoms with E-state index in [1.807, 2.05) is 59.1 Å². The molecule has 0 amide bonds. The molecular weight excluding hydrogens is 370 g/mol. The van der Waals surface area contributed by atoms with Gasteiger partial charge in [0.05, 0.1) is 0 Å². The molecule has 8 heteroatoms. The van der Waals surface area contributed by atoms with Crippen molar-refractivity contribution in [3.05, 3.63) is 54.7 Å². The van der Waals surface area contributed by atoms with Gasteiger partial charge in [0.25, 0.3) is 0 Å². The summed E-state index contributed by atoms with van der Waals surface area (Å²) < 4.78 is 8.08. The van der Waals surface area contributed by atoms with Crippen molar-refractivity contribution >= 4 is 22.5 Å². The Hall–Kier alpha value is -3.52. The molecule has 0 bridgehead atoms. The van der Waals surface area contributed by atoms with Gasteiger partial charge in [0, 0.05) is 24.5 Å². The molecule has 0 unspecified atom stereocenters. The van der Waals surface area contributed by atoms with Gasteiger partial charge in [0.1, 0.15) is 29.1 Å². The van der Waals surface area contributed by atoms with Crippen molar-refractivity contribution in [1.82, 2.24) is 24.5 Å². The van der Waals surface area contributed by atoms with Crippen LogP contribution < -0.4 is 4.74 Å². The molecule has 0 spiro atoms. The molecule has 1 aliphatic heterocycles. The maximum absolute atomic E-state index is 11.4. The minimum Gasteiger partial charge on any atom is -0.487 e. The second-order valence-electron chi connectivity index (χ2n) is 7.25. The molecule has 3 aromatic heterocycles. The van der Waals surface area contributed by atoms with E-state index in [1.54, 1.807) is 11.9 Å². The number of aliphatic carboxylic acids is 1. The van der Waals surface area contributed by atoms with Crippen molar-refractivity contribution in [1.29, 1.82) is 0 Å². The van der Waals surface area contributed by atoms with Gasteiger partial charge in [-0.3, -0.25) is 14.1 Å². The highest BCUT2D eigenvalue weighted by atomic mass is 16.5. The number of likely N-dealkylation sites (tertiary alicyclic amines) is 1. The lowest BCUT2D eigenvalue weighted by molar-refractivity contribution is -0.141.